The summed E-state index contributed by atoms with van der Waals surface area (Å²) in [5.41, 5.74) is 6.73. The van der Waals surface area contributed by atoms with Crippen LogP contribution in [0.25, 0.3) is 0 Å². The molecular weight excluding hydrogens is 240 g/mol. The van der Waals surface area contributed by atoms with E-state index in [-0.39, 0.29) is 0 Å². The summed E-state index contributed by atoms with van der Waals surface area (Å²) in [5.74, 6) is 0. The minimum Gasteiger partial charge on any atom is -0.330 e. The van der Waals surface area contributed by atoms with E-state index < -0.39 is 0 Å². The lowest BCUT2D eigenvalue weighted by atomic mass is 10.2. The van der Waals surface area contributed by atoms with Crippen molar-refractivity contribution in [1.82, 2.24) is 5.32 Å². The van der Waals surface area contributed by atoms with Crippen molar-refractivity contribution in [2.45, 2.75) is 19.4 Å². The summed E-state index contributed by atoms with van der Waals surface area (Å²) in [5, 5.41) is 3.39. The quantitative estimate of drug-likeness (QED) is 0.767. The molecular formula is C11H17BrN2. The predicted molar refractivity (Wildman–Crippen MR) is 64.1 cm³/mol. The van der Waals surface area contributed by atoms with Crippen molar-refractivity contribution in [3.05, 3.63) is 34.3 Å². The average Bonchev–Trinajstić information content (AvgIpc) is 2.21. The van der Waals surface area contributed by atoms with E-state index in [2.05, 4.69) is 45.5 Å². The summed E-state index contributed by atoms with van der Waals surface area (Å²) in [6.07, 6.45) is 2.26. The number of nitrogens with one attached hydrogen (secondary N) is 1. The summed E-state index contributed by atoms with van der Waals surface area (Å²) in [4.78, 5) is 0. The van der Waals surface area contributed by atoms with Crippen molar-refractivity contribution in [3.63, 3.8) is 0 Å². The third kappa shape index (κ3) is 4.74. The van der Waals surface area contributed by atoms with Gasteiger partial charge in [0, 0.05) is 11.0 Å². The highest BCUT2D eigenvalue weighted by atomic mass is 79.9. The smallest absolute Gasteiger partial charge is 0.0205 e. The molecule has 78 valence electrons. The SMILES string of the molecule is NCCCCNCc1ccc(Br)cc1. The summed E-state index contributed by atoms with van der Waals surface area (Å²) in [6, 6.07) is 8.38. The molecule has 2 nitrogen and oxygen atoms in total. The molecule has 3 N–H and O–H groups in total. The molecule has 0 aliphatic heterocycles. The first-order chi connectivity index (χ1) is 6.83. The molecule has 1 aromatic rings. The van der Waals surface area contributed by atoms with E-state index in [1.54, 1.807) is 0 Å². The molecule has 0 atom stereocenters. The minimum atomic E-state index is 0.792. The van der Waals surface area contributed by atoms with E-state index in [0.717, 1.165) is 36.9 Å². The molecule has 0 fully saturated rings. The Morgan fingerprint density at radius 1 is 1.14 bits per heavy atom. The molecule has 0 radical (unpaired) electrons. The molecule has 0 aliphatic rings. The lowest BCUT2D eigenvalue weighted by Gasteiger charge is -2.04. The van der Waals surface area contributed by atoms with E-state index in [9.17, 15) is 0 Å². The maximum absolute atomic E-state index is 5.41. The number of rotatable bonds is 6. The van der Waals surface area contributed by atoms with Crippen LogP contribution in [0.15, 0.2) is 28.7 Å². The van der Waals surface area contributed by atoms with Gasteiger partial charge < -0.3 is 11.1 Å². The fourth-order valence-electron chi connectivity index (χ4n) is 1.23. The van der Waals surface area contributed by atoms with Gasteiger partial charge in [-0.3, -0.25) is 0 Å². The van der Waals surface area contributed by atoms with E-state index in [1.165, 1.54) is 5.56 Å². The molecule has 14 heavy (non-hydrogen) atoms. The van der Waals surface area contributed by atoms with Crippen molar-refractivity contribution < 1.29 is 0 Å². The number of hydrogen-bond donors (Lipinski definition) is 2. The van der Waals surface area contributed by atoms with Gasteiger partial charge in [-0.15, -0.1) is 0 Å². The topological polar surface area (TPSA) is 38.0 Å². The van der Waals surface area contributed by atoms with Crippen molar-refractivity contribution in [1.29, 1.82) is 0 Å². The molecule has 0 aliphatic carbocycles. The Morgan fingerprint density at radius 2 is 1.86 bits per heavy atom. The van der Waals surface area contributed by atoms with Crippen molar-refractivity contribution in [2.24, 2.45) is 5.73 Å². The van der Waals surface area contributed by atoms with Gasteiger partial charge in [-0.05, 0) is 43.6 Å². The van der Waals surface area contributed by atoms with Crippen LogP contribution in [0.5, 0.6) is 0 Å². The van der Waals surface area contributed by atoms with Crippen LogP contribution in [0.1, 0.15) is 18.4 Å². The second-order valence-corrected chi connectivity index (χ2v) is 4.21. The maximum Gasteiger partial charge on any atom is 0.0205 e. The van der Waals surface area contributed by atoms with Crippen LogP contribution < -0.4 is 11.1 Å². The normalized spacial score (nSPS) is 10.4. The summed E-state index contributed by atoms with van der Waals surface area (Å²) in [7, 11) is 0. The van der Waals surface area contributed by atoms with E-state index in [4.69, 9.17) is 5.73 Å². The Hall–Kier alpha value is -0.380. The van der Waals surface area contributed by atoms with Crippen molar-refractivity contribution in [2.75, 3.05) is 13.1 Å². The Balaban J connectivity index is 2.15. The molecule has 0 saturated carbocycles. The van der Waals surface area contributed by atoms with Crippen molar-refractivity contribution >= 4 is 15.9 Å². The van der Waals surface area contributed by atoms with Gasteiger partial charge in [-0.25, -0.2) is 0 Å². The molecule has 0 bridgehead atoms. The molecule has 0 saturated heterocycles. The van der Waals surface area contributed by atoms with Gasteiger partial charge in [0.1, 0.15) is 0 Å². The summed E-state index contributed by atoms with van der Waals surface area (Å²) in [6.45, 7) is 2.78. The third-order valence-corrected chi connectivity index (χ3v) is 2.58. The van der Waals surface area contributed by atoms with E-state index >= 15 is 0 Å². The fraction of sp³-hybridized carbons (Fsp3) is 0.455. The number of nitrogens with two attached hydrogens (primary N) is 1. The highest BCUT2D eigenvalue weighted by Gasteiger charge is 1.92. The summed E-state index contributed by atoms with van der Waals surface area (Å²) < 4.78 is 1.13. The Morgan fingerprint density at radius 3 is 2.50 bits per heavy atom. The molecule has 0 aromatic heterocycles. The van der Waals surface area contributed by atoms with E-state index in [1.807, 2.05) is 0 Å². The average molecular weight is 257 g/mol. The van der Waals surface area contributed by atoms with Gasteiger partial charge in [0.2, 0.25) is 0 Å². The van der Waals surface area contributed by atoms with Crippen molar-refractivity contribution in [3.8, 4) is 0 Å². The Kier molecular flexibility index (Phi) is 5.83. The molecule has 1 aromatic carbocycles. The molecule has 1 rings (SSSR count). The monoisotopic (exact) mass is 256 g/mol. The molecule has 0 amide bonds. The van der Waals surface area contributed by atoms with Crippen LogP contribution in [0.3, 0.4) is 0 Å². The highest BCUT2D eigenvalue weighted by Crippen LogP contribution is 2.10. The fourth-order valence-corrected chi connectivity index (χ4v) is 1.49. The first-order valence-electron chi connectivity index (χ1n) is 4.98. The van der Waals surface area contributed by atoms with Crippen LogP contribution in [0.4, 0.5) is 0 Å². The lowest BCUT2D eigenvalue weighted by molar-refractivity contribution is 0.627. The Bertz CT molecular complexity index is 246. The molecule has 0 spiro atoms. The zero-order chi connectivity index (χ0) is 10.2. The van der Waals surface area contributed by atoms with Gasteiger partial charge in [0.05, 0.1) is 0 Å². The number of halogens is 1. The first kappa shape index (κ1) is 11.7. The lowest BCUT2D eigenvalue weighted by Crippen LogP contribution is -2.15. The molecule has 3 heteroatoms. The molecule has 0 unspecified atom stereocenters. The number of unbranched alkanes of at least 4 members (excludes halogenated alkanes) is 1. The minimum absolute atomic E-state index is 0.792. The molecule has 0 heterocycles. The van der Waals surface area contributed by atoms with Crippen LogP contribution in [-0.4, -0.2) is 13.1 Å². The van der Waals surface area contributed by atoms with Crippen LogP contribution >= 0.6 is 15.9 Å². The Labute approximate surface area is 94.0 Å². The zero-order valence-electron chi connectivity index (χ0n) is 8.30. The van der Waals surface area contributed by atoms with Crippen LogP contribution in [-0.2, 0) is 6.54 Å². The standard InChI is InChI=1S/C11H17BrN2/c12-11-5-3-10(4-6-11)9-14-8-2-1-7-13/h3-6,14H,1-2,7-9,13H2. The van der Waals surface area contributed by atoms with Gasteiger partial charge in [-0.1, -0.05) is 28.1 Å². The van der Waals surface area contributed by atoms with Crippen LogP contribution in [0, 0.1) is 0 Å². The highest BCUT2D eigenvalue weighted by molar-refractivity contribution is 9.10. The predicted octanol–water partition coefficient (Wildman–Crippen LogP) is 2.28. The largest absolute Gasteiger partial charge is 0.330 e. The number of hydrogen-bond acceptors (Lipinski definition) is 2. The number of benzene rings is 1. The van der Waals surface area contributed by atoms with Crippen LogP contribution in [0.2, 0.25) is 0 Å². The first-order valence-corrected chi connectivity index (χ1v) is 5.77. The maximum atomic E-state index is 5.41. The van der Waals surface area contributed by atoms with Gasteiger partial charge in [0.15, 0.2) is 0 Å². The van der Waals surface area contributed by atoms with Gasteiger partial charge in [-0.2, -0.15) is 0 Å². The van der Waals surface area contributed by atoms with E-state index in [0.29, 0.717) is 0 Å². The van der Waals surface area contributed by atoms with Gasteiger partial charge >= 0.3 is 0 Å². The second kappa shape index (κ2) is 6.98. The summed E-state index contributed by atoms with van der Waals surface area (Å²) >= 11 is 3.41. The zero-order valence-corrected chi connectivity index (χ0v) is 9.89. The van der Waals surface area contributed by atoms with Gasteiger partial charge in [0.25, 0.3) is 0 Å². The third-order valence-electron chi connectivity index (χ3n) is 2.05. The second-order valence-electron chi connectivity index (χ2n) is 3.30.